The van der Waals surface area contributed by atoms with Gasteiger partial charge >= 0.3 is 0 Å². The Labute approximate surface area is 99.9 Å². The fourth-order valence-corrected chi connectivity index (χ4v) is 3.83. The first kappa shape index (κ1) is 12.5. The Morgan fingerprint density at radius 2 is 2.35 bits per heavy atom. The van der Waals surface area contributed by atoms with Crippen molar-refractivity contribution in [3.05, 3.63) is 11.7 Å². The first-order chi connectivity index (χ1) is 7.96. The zero-order valence-corrected chi connectivity index (χ0v) is 10.5. The highest BCUT2D eigenvalue weighted by molar-refractivity contribution is 7.91. The predicted molar refractivity (Wildman–Crippen MR) is 60.0 cm³/mol. The molecule has 0 spiro atoms. The van der Waals surface area contributed by atoms with Crippen molar-refractivity contribution in [1.29, 1.82) is 0 Å². The van der Waals surface area contributed by atoms with E-state index in [9.17, 15) is 13.5 Å². The highest BCUT2D eigenvalue weighted by atomic mass is 32.2. The quantitative estimate of drug-likeness (QED) is 0.850. The summed E-state index contributed by atoms with van der Waals surface area (Å²) < 4.78 is 27.8. The average molecular weight is 260 g/mol. The van der Waals surface area contributed by atoms with Crippen molar-refractivity contribution < 1.29 is 18.0 Å². The number of rotatable bonds is 3. The highest BCUT2D eigenvalue weighted by Crippen LogP contribution is 2.21. The fourth-order valence-electron chi connectivity index (χ4n) is 2.06. The molecule has 7 heteroatoms. The molecule has 2 rings (SSSR count). The van der Waals surface area contributed by atoms with E-state index in [1.54, 1.807) is 6.92 Å². The topological polar surface area (TPSA) is 93.3 Å². The molecule has 0 radical (unpaired) electrons. The van der Waals surface area contributed by atoms with Crippen LogP contribution in [0.1, 0.15) is 37.6 Å². The van der Waals surface area contributed by atoms with E-state index in [1.165, 1.54) is 0 Å². The van der Waals surface area contributed by atoms with Crippen molar-refractivity contribution in [2.24, 2.45) is 5.92 Å². The van der Waals surface area contributed by atoms with Crippen LogP contribution < -0.4 is 0 Å². The van der Waals surface area contributed by atoms with Gasteiger partial charge in [0.15, 0.2) is 15.7 Å². The summed E-state index contributed by atoms with van der Waals surface area (Å²) >= 11 is 0. The minimum Gasteiger partial charge on any atom is -0.384 e. The molecule has 0 amide bonds. The van der Waals surface area contributed by atoms with Gasteiger partial charge < -0.3 is 9.63 Å². The van der Waals surface area contributed by atoms with Crippen LogP contribution in [-0.4, -0.2) is 35.2 Å². The van der Waals surface area contributed by atoms with Gasteiger partial charge in [0.1, 0.15) is 6.10 Å². The molecular weight excluding hydrogens is 244 g/mol. The lowest BCUT2D eigenvalue weighted by molar-refractivity contribution is 0.151. The Morgan fingerprint density at radius 1 is 1.59 bits per heavy atom. The summed E-state index contributed by atoms with van der Waals surface area (Å²) in [6.07, 6.45) is 1.28. The summed E-state index contributed by atoms with van der Waals surface area (Å²) in [6, 6.07) is 0. The molecule has 0 aromatic carbocycles. The average Bonchev–Trinajstić information content (AvgIpc) is 2.64. The van der Waals surface area contributed by atoms with Crippen LogP contribution >= 0.6 is 0 Å². The van der Waals surface area contributed by atoms with Crippen LogP contribution in [0.25, 0.3) is 0 Å². The first-order valence-electron chi connectivity index (χ1n) is 5.67. The second kappa shape index (κ2) is 4.73. The molecule has 6 nitrogen and oxygen atoms in total. The van der Waals surface area contributed by atoms with Gasteiger partial charge in [-0.1, -0.05) is 5.16 Å². The molecule has 0 aliphatic carbocycles. The number of hydrogen-bond donors (Lipinski definition) is 1. The van der Waals surface area contributed by atoms with Gasteiger partial charge in [-0.3, -0.25) is 0 Å². The third-order valence-corrected chi connectivity index (χ3v) is 4.76. The SMILES string of the molecule is CC(O)c1nc(CC2CCCS(=O)(=O)C2)no1. The smallest absolute Gasteiger partial charge is 0.255 e. The number of nitrogens with zero attached hydrogens (tertiary/aromatic N) is 2. The third kappa shape index (κ3) is 3.26. The largest absolute Gasteiger partial charge is 0.384 e. The van der Waals surface area contributed by atoms with E-state index >= 15 is 0 Å². The molecule has 0 saturated carbocycles. The van der Waals surface area contributed by atoms with Crippen molar-refractivity contribution in [1.82, 2.24) is 10.1 Å². The Bertz CT molecular complexity index is 480. The van der Waals surface area contributed by atoms with E-state index in [-0.39, 0.29) is 23.3 Å². The van der Waals surface area contributed by atoms with Gasteiger partial charge in [0.2, 0.25) is 0 Å². The van der Waals surface area contributed by atoms with Gasteiger partial charge in [0.05, 0.1) is 11.5 Å². The monoisotopic (exact) mass is 260 g/mol. The van der Waals surface area contributed by atoms with Gasteiger partial charge in [-0.2, -0.15) is 4.98 Å². The normalized spacial score (nSPS) is 25.6. The van der Waals surface area contributed by atoms with Crippen LogP contribution in [0.2, 0.25) is 0 Å². The van der Waals surface area contributed by atoms with E-state index in [2.05, 4.69) is 10.1 Å². The number of aromatic nitrogens is 2. The van der Waals surface area contributed by atoms with E-state index in [0.717, 1.165) is 6.42 Å². The number of aliphatic hydroxyl groups excluding tert-OH is 1. The third-order valence-electron chi connectivity index (χ3n) is 2.87. The summed E-state index contributed by atoms with van der Waals surface area (Å²) in [7, 11) is -2.90. The molecule has 17 heavy (non-hydrogen) atoms. The van der Waals surface area contributed by atoms with Gasteiger partial charge in [-0.05, 0) is 25.7 Å². The van der Waals surface area contributed by atoms with Crippen molar-refractivity contribution in [3.8, 4) is 0 Å². The highest BCUT2D eigenvalue weighted by Gasteiger charge is 2.26. The molecule has 1 aromatic rings. The molecule has 1 aliphatic heterocycles. The van der Waals surface area contributed by atoms with Crippen LogP contribution in [0.4, 0.5) is 0 Å². The van der Waals surface area contributed by atoms with Crippen LogP contribution in [0.5, 0.6) is 0 Å². The van der Waals surface area contributed by atoms with E-state index in [1.807, 2.05) is 0 Å². The zero-order valence-electron chi connectivity index (χ0n) is 9.66. The lowest BCUT2D eigenvalue weighted by Crippen LogP contribution is -2.26. The van der Waals surface area contributed by atoms with Crippen LogP contribution in [-0.2, 0) is 16.3 Å². The van der Waals surface area contributed by atoms with Crippen molar-refractivity contribution in [2.75, 3.05) is 11.5 Å². The van der Waals surface area contributed by atoms with Crippen LogP contribution in [0.3, 0.4) is 0 Å². The van der Waals surface area contributed by atoms with Gasteiger partial charge in [0.25, 0.3) is 5.89 Å². The molecule has 0 bridgehead atoms. The first-order valence-corrected chi connectivity index (χ1v) is 7.49. The maximum atomic E-state index is 11.5. The van der Waals surface area contributed by atoms with Gasteiger partial charge in [-0.15, -0.1) is 0 Å². The second-order valence-corrected chi connectivity index (χ2v) is 6.78. The van der Waals surface area contributed by atoms with Gasteiger partial charge in [-0.25, -0.2) is 8.42 Å². The molecular formula is C10H16N2O4S. The summed E-state index contributed by atoms with van der Waals surface area (Å²) in [6.45, 7) is 1.54. The molecule has 1 fully saturated rings. The van der Waals surface area contributed by atoms with E-state index in [4.69, 9.17) is 4.52 Å². The molecule has 2 atom stereocenters. The molecule has 1 N–H and O–H groups in total. The molecule has 2 unspecified atom stereocenters. The van der Waals surface area contributed by atoms with E-state index in [0.29, 0.717) is 18.7 Å². The number of sulfone groups is 1. The second-order valence-electron chi connectivity index (χ2n) is 4.55. The molecule has 1 saturated heterocycles. The number of aliphatic hydroxyl groups is 1. The van der Waals surface area contributed by atoms with E-state index < -0.39 is 15.9 Å². The lowest BCUT2D eigenvalue weighted by Gasteiger charge is -2.20. The summed E-state index contributed by atoms with van der Waals surface area (Å²) in [4.78, 5) is 4.03. The van der Waals surface area contributed by atoms with Crippen LogP contribution in [0, 0.1) is 5.92 Å². The standard InChI is InChI=1S/C10H16N2O4S/c1-7(13)10-11-9(12-16-10)5-8-3-2-4-17(14,15)6-8/h7-8,13H,2-6H2,1H3. The Morgan fingerprint density at radius 3 is 2.94 bits per heavy atom. The summed E-state index contributed by atoms with van der Waals surface area (Å²) in [5.41, 5.74) is 0. The van der Waals surface area contributed by atoms with Gasteiger partial charge in [0, 0.05) is 6.42 Å². The molecule has 1 aromatic heterocycles. The Balaban J connectivity index is 2.00. The molecule has 96 valence electrons. The summed E-state index contributed by atoms with van der Waals surface area (Å²) in [5, 5.41) is 13.0. The molecule has 1 aliphatic rings. The van der Waals surface area contributed by atoms with Crippen LogP contribution in [0.15, 0.2) is 4.52 Å². The fraction of sp³-hybridized carbons (Fsp3) is 0.800. The van der Waals surface area contributed by atoms with Crippen molar-refractivity contribution >= 4 is 9.84 Å². The molecule has 2 heterocycles. The Kier molecular flexibility index (Phi) is 3.48. The summed E-state index contributed by atoms with van der Waals surface area (Å²) in [5.74, 6) is 1.20. The predicted octanol–water partition coefficient (Wildman–Crippen LogP) is 0.490. The minimum absolute atomic E-state index is 0.0631. The number of hydrogen-bond acceptors (Lipinski definition) is 6. The van der Waals surface area contributed by atoms with Crippen molar-refractivity contribution in [3.63, 3.8) is 0 Å². The Hall–Kier alpha value is -0.950. The lowest BCUT2D eigenvalue weighted by atomic mass is 10.0. The maximum Gasteiger partial charge on any atom is 0.255 e. The van der Waals surface area contributed by atoms with Crippen molar-refractivity contribution in [2.45, 2.75) is 32.3 Å². The maximum absolute atomic E-state index is 11.5. The zero-order chi connectivity index (χ0) is 12.5. The minimum atomic E-state index is -2.90.